The van der Waals surface area contributed by atoms with Crippen molar-refractivity contribution in [1.82, 2.24) is 9.88 Å². The van der Waals surface area contributed by atoms with Crippen LogP contribution < -0.4 is 4.74 Å². The van der Waals surface area contributed by atoms with Gasteiger partial charge in [-0.05, 0) is 61.7 Å². The molecule has 5 rings (SSSR count). The van der Waals surface area contributed by atoms with E-state index < -0.39 is 17.3 Å². The fraction of sp³-hybridized carbons (Fsp3) is 0.400. The Morgan fingerprint density at radius 2 is 2.00 bits per heavy atom. The Hall–Kier alpha value is -2.93. The number of nitrogens with zero attached hydrogens (tertiary/aromatic N) is 1. The number of benzene rings is 2. The number of likely N-dealkylation sites (tertiary alicyclic amines) is 1. The molecule has 2 atom stereocenters. The van der Waals surface area contributed by atoms with E-state index in [-0.39, 0.29) is 18.0 Å². The number of ether oxygens (including phenoxy) is 1. The summed E-state index contributed by atoms with van der Waals surface area (Å²) < 4.78 is 34.3. The van der Waals surface area contributed by atoms with Crippen LogP contribution >= 0.6 is 0 Å². The first-order valence-corrected chi connectivity index (χ1v) is 10.8. The number of carboxylic acid groups (broad SMARTS) is 1. The number of piperidine rings is 1. The van der Waals surface area contributed by atoms with Crippen LogP contribution in [0.15, 0.2) is 42.6 Å². The molecule has 0 amide bonds. The van der Waals surface area contributed by atoms with Crippen LogP contribution in [-0.2, 0) is 6.54 Å². The number of fused-ring (bicyclic) bond motifs is 1. The van der Waals surface area contributed by atoms with E-state index in [1.54, 1.807) is 31.4 Å². The summed E-state index contributed by atoms with van der Waals surface area (Å²) in [6, 6.07) is 10.4. The van der Waals surface area contributed by atoms with Gasteiger partial charge in [0.2, 0.25) is 0 Å². The van der Waals surface area contributed by atoms with E-state index in [2.05, 4.69) is 9.88 Å². The lowest BCUT2D eigenvalue weighted by Crippen LogP contribution is -2.39. The Labute approximate surface area is 185 Å². The van der Waals surface area contributed by atoms with E-state index in [0.29, 0.717) is 25.9 Å². The summed E-state index contributed by atoms with van der Waals surface area (Å²) in [5, 5.41) is 10.3. The predicted molar refractivity (Wildman–Crippen MR) is 117 cm³/mol. The largest absolute Gasteiger partial charge is 0.496 e. The van der Waals surface area contributed by atoms with Crippen LogP contribution in [0, 0.1) is 12.3 Å². The lowest BCUT2D eigenvalue weighted by Gasteiger charge is -2.40. The molecule has 3 aromatic rings. The van der Waals surface area contributed by atoms with Gasteiger partial charge in [0.1, 0.15) is 5.75 Å². The normalized spacial score (nSPS) is 24.7. The summed E-state index contributed by atoms with van der Waals surface area (Å²) in [5.74, 6) is -2.83. The molecule has 1 spiro atoms. The van der Waals surface area contributed by atoms with E-state index in [9.17, 15) is 18.7 Å². The summed E-state index contributed by atoms with van der Waals surface area (Å²) in [5.41, 5.74) is 3.28. The summed E-state index contributed by atoms with van der Waals surface area (Å²) in [7, 11) is 1.65. The quantitative estimate of drug-likeness (QED) is 0.546. The highest BCUT2D eigenvalue weighted by atomic mass is 19.3. The molecule has 0 unspecified atom stereocenters. The van der Waals surface area contributed by atoms with Gasteiger partial charge >= 0.3 is 5.97 Å². The van der Waals surface area contributed by atoms with Crippen molar-refractivity contribution in [2.45, 2.75) is 44.7 Å². The number of carbonyl (C=O) groups is 1. The third-order valence-corrected chi connectivity index (χ3v) is 7.35. The first kappa shape index (κ1) is 20.9. The molecule has 1 aliphatic heterocycles. The highest BCUT2D eigenvalue weighted by Gasteiger charge is 2.71. The summed E-state index contributed by atoms with van der Waals surface area (Å²) in [6.07, 6.45) is 2.65. The van der Waals surface area contributed by atoms with E-state index in [1.807, 2.05) is 25.3 Å². The first-order valence-electron chi connectivity index (χ1n) is 10.8. The smallest absolute Gasteiger partial charge is 0.335 e. The number of alkyl halides is 2. The minimum Gasteiger partial charge on any atom is -0.496 e. The van der Waals surface area contributed by atoms with E-state index in [4.69, 9.17) is 4.74 Å². The lowest BCUT2D eigenvalue weighted by molar-refractivity contribution is 0.00632. The molecule has 0 bridgehead atoms. The second-order valence-corrected chi connectivity index (χ2v) is 9.17. The SMILES string of the molecule is COc1cc(C)c2[nH]ccc2c1CN1CC[C@]2(C[C@@H]1c1ccc(C(=O)O)cc1)CC2(F)F. The Kier molecular flexibility index (Phi) is 4.78. The number of aromatic amines is 1. The molecule has 2 heterocycles. The molecule has 5 nitrogen and oxygen atoms in total. The molecule has 2 aliphatic rings. The number of aromatic nitrogens is 1. The van der Waals surface area contributed by atoms with Crippen LogP contribution in [0.3, 0.4) is 0 Å². The van der Waals surface area contributed by atoms with Crippen molar-refractivity contribution in [3.63, 3.8) is 0 Å². The van der Waals surface area contributed by atoms with E-state index >= 15 is 0 Å². The maximum Gasteiger partial charge on any atom is 0.335 e. The van der Waals surface area contributed by atoms with Crippen molar-refractivity contribution >= 4 is 16.9 Å². The predicted octanol–water partition coefficient (Wildman–Crippen LogP) is 5.55. The first-order chi connectivity index (χ1) is 15.2. The number of methoxy groups -OCH3 is 1. The molecule has 2 aromatic carbocycles. The van der Waals surface area contributed by atoms with Crippen molar-refractivity contribution in [1.29, 1.82) is 0 Å². The maximum atomic E-state index is 14.3. The average molecular weight is 440 g/mol. The summed E-state index contributed by atoms with van der Waals surface area (Å²) >= 11 is 0. The van der Waals surface area contributed by atoms with Gasteiger partial charge in [-0.2, -0.15) is 0 Å². The zero-order valence-corrected chi connectivity index (χ0v) is 18.1. The number of hydrogen-bond acceptors (Lipinski definition) is 3. The van der Waals surface area contributed by atoms with Gasteiger partial charge < -0.3 is 14.8 Å². The molecule has 7 heteroatoms. The number of nitrogens with one attached hydrogen (secondary N) is 1. The van der Waals surface area contributed by atoms with Crippen LogP contribution in [0.1, 0.15) is 52.4 Å². The number of carboxylic acids is 1. The fourth-order valence-electron chi connectivity index (χ4n) is 5.34. The summed E-state index contributed by atoms with van der Waals surface area (Å²) in [4.78, 5) is 16.8. The minimum atomic E-state index is -2.62. The van der Waals surface area contributed by atoms with Crippen molar-refractivity contribution in [2.24, 2.45) is 5.41 Å². The van der Waals surface area contributed by atoms with Gasteiger partial charge in [-0.1, -0.05) is 12.1 Å². The van der Waals surface area contributed by atoms with Crippen molar-refractivity contribution in [2.75, 3.05) is 13.7 Å². The van der Waals surface area contributed by atoms with Crippen LogP contribution in [-0.4, -0.2) is 40.5 Å². The molecule has 2 N–H and O–H groups in total. The Balaban J connectivity index is 1.52. The van der Waals surface area contributed by atoms with Crippen molar-refractivity contribution < 1.29 is 23.4 Å². The highest BCUT2D eigenvalue weighted by Crippen LogP contribution is 2.68. The molecule has 168 valence electrons. The van der Waals surface area contributed by atoms with Gasteiger partial charge in [0, 0.05) is 47.1 Å². The molecule has 32 heavy (non-hydrogen) atoms. The zero-order chi connectivity index (χ0) is 22.7. The number of H-pyrrole nitrogens is 1. The van der Waals surface area contributed by atoms with Gasteiger partial charge in [0.05, 0.1) is 12.7 Å². The van der Waals surface area contributed by atoms with Gasteiger partial charge in [0.15, 0.2) is 0 Å². The lowest BCUT2D eigenvalue weighted by atomic mass is 9.83. The van der Waals surface area contributed by atoms with E-state index in [0.717, 1.165) is 33.3 Å². The van der Waals surface area contributed by atoms with Gasteiger partial charge in [-0.3, -0.25) is 4.90 Å². The van der Waals surface area contributed by atoms with Gasteiger partial charge in [0.25, 0.3) is 5.92 Å². The number of aromatic carboxylic acids is 1. The number of hydrogen-bond donors (Lipinski definition) is 2. The second kappa shape index (κ2) is 7.30. The Bertz CT molecular complexity index is 1190. The topological polar surface area (TPSA) is 65.6 Å². The Morgan fingerprint density at radius 1 is 1.28 bits per heavy atom. The zero-order valence-electron chi connectivity index (χ0n) is 18.1. The molecule has 1 saturated carbocycles. The molecule has 1 saturated heterocycles. The minimum absolute atomic E-state index is 0.0620. The van der Waals surface area contributed by atoms with Crippen molar-refractivity contribution in [3.05, 3.63) is 64.8 Å². The number of aryl methyl sites for hydroxylation is 1. The van der Waals surface area contributed by atoms with Crippen LogP contribution in [0.5, 0.6) is 5.75 Å². The standard InChI is InChI=1S/C25H26F2N2O3/c1-15-11-21(32-2)19(18-7-9-28-22(15)18)13-29-10-8-24(14-25(24,26)27)12-20(29)16-3-5-17(6-4-16)23(30)31/h3-7,9,11,20,28H,8,10,12-14H2,1-2H3,(H,30,31)/t20-,24+/m1/s1. The van der Waals surface area contributed by atoms with Crippen LogP contribution in [0.4, 0.5) is 8.78 Å². The van der Waals surface area contributed by atoms with E-state index in [1.165, 1.54) is 0 Å². The van der Waals surface area contributed by atoms with Crippen LogP contribution in [0.25, 0.3) is 10.9 Å². The van der Waals surface area contributed by atoms with Crippen molar-refractivity contribution in [3.8, 4) is 5.75 Å². The third-order valence-electron chi connectivity index (χ3n) is 7.35. The third kappa shape index (κ3) is 3.26. The Morgan fingerprint density at radius 3 is 2.62 bits per heavy atom. The highest BCUT2D eigenvalue weighted by molar-refractivity contribution is 5.88. The van der Waals surface area contributed by atoms with Gasteiger partial charge in [-0.15, -0.1) is 0 Å². The maximum absolute atomic E-state index is 14.3. The second-order valence-electron chi connectivity index (χ2n) is 9.17. The molecule has 2 fully saturated rings. The molecule has 0 radical (unpaired) electrons. The number of halogens is 2. The molecular weight excluding hydrogens is 414 g/mol. The van der Waals surface area contributed by atoms with Gasteiger partial charge in [-0.25, -0.2) is 13.6 Å². The fourth-order valence-corrected chi connectivity index (χ4v) is 5.34. The molecular formula is C25H26F2N2O3. The average Bonchev–Trinajstić information content (AvgIpc) is 3.09. The summed E-state index contributed by atoms with van der Waals surface area (Å²) in [6.45, 7) is 3.13. The number of rotatable bonds is 5. The molecule has 1 aromatic heterocycles. The molecule has 1 aliphatic carbocycles. The monoisotopic (exact) mass is 440 g/mol. The van der Waals surface area contributed by atoms with Crippen LogP contribution in [0.2, 0.25) is 0 Å².